The van der Waals surface area contributed by atoms with Crippen molar-refractivity contribution in [2.75, 3.05) is 26.3 Å². The summed E-state index contributed by atoms with van der Waals surface area (Å²) in [5.41, 5.74) is 0. The van der Waals surface area contributed by atoms with Crippen LogP contribution in [0.25, 0.3) is 0 Å². The zero-order chi connectivity index (χ0) is 9.36. The topological polar surface area (TPSA) is 21.3 Å². The number of rotatable bonds is 9. The molecule has 0 aromatic carbocycles. The molecule has 0 saturated heterocycles. The molecule has 1 rings (SSSR count). The van der Waals surface area contributed by atoms with Gasteiger partial charge in [-0.05, 0) is 31.7 Å². The van der Waals surface area contributed by atoms with Gasteiger partial charge in [0.05, 0.1) is 6.61 Å². The molecule has 1 N–H and O–H groups in total. The smallest absolute Gasteiger partial charge is 0.0590 e. The highest BCUT2D eigenvalue weighted by Crippen LogP contribution is 2.33. The number of hydrogen-bond acceptors (Lipinski definition) is 2. The molecule has 0 atom stereocenters. The first kappa shape index (κ1) is 11.0. The van der Waals surface area contributed by atoms with Crippen LogP contribution in [0.15, 0.2) is 0 Å². The second-order valence-electron chi connectivity index (χ2n) is 3.95. The maximum atomic E-state index is 5.36. The Hall–Kier alpha value is -0.0800. The fraction of sp³-hybridized carbons (Fsp3) is 1.00. The summed E-state index contributed by atoms with van der Waals surface area (Å²) in [6.45, 7) is 6.11. The monoisotopic (exact) mass is 185 g/mol. The predicted molar refractivity (Wildman–Crippen MR) is 55.9 cm³/mol. The van der Waals surface area contributed by atoms with Crippen LogP contribution in [-0.4, -0.2) is 26.3 Å². The SMILES string of the molecule is CCCOCCNCCCC1CC1. The van der Waals surface area contributed by atoms with Gasteiger partial charge in [0, 0.05) is 13.2 Å². The first-order valence-electron chi connectivity index (χ1n) is 5.72. The molecule has 0 aromatic rings. The zero-order valence-corrected chi connectivity index (χ0v) is 8.85. The van der Waals surface area contributed by atoms with Crippen molar-refractivity contribution in [1.29, 1.82) is 0 Å². The molecule has 1 saturated carbocycles. The van der Waals surface area contributed by atoms with Crippen LogP contribution in [0.2, 0.25) is 0 Å². The minimum absolute atomic E-state index is 0.872. The van der Waals surface area contributed by atoms with Gasteiger partial charge in [0.2, 0.25) is 0 Å². The Balaban J connectivity index is 1.63. The Labute approximate surface area is 82.0 Å². The van der Waals surface area contributed by atoms with E-state index in [1.54, 1.807) is 0 Å². The largest absolute Gasteiger partial charge is 0.380 e. The third kappa shape index (κ3) is 7.03. The van der Waals surface area contributed by atoms with Crippen LogP contribution in [0, 0.1) is 5.92 Å². The second-order valence-corrected chi connectivity index (χ2v) is 3.95. The molecule has 2 heteroatoms. The van der Waals surface area contributed by atoms with Crippen molar-refractivity contribution < 1.29 is 4.74 Å². The quantitative estimate of drug-likeness (QED) is 0.556. The molecule has 0 heterocycles. The van der Waals surface area contributed by atoms with Gasteiger partial charge in [-0.15, -0.1) is 0 Å². The first-order chi connectivity index (χ1) is 6.43. The molecule has 1 aliphatic carbocycles. The van der Waals surface area contributed by atoms with E-state index in [2.05, 4.69) is 12.2 Å². The fourth-order valence-corrected chi connectivity index (χ4v) is 1.44. The van der Waals surface area contributed by atoms with Crippen molar-refractivity contribution in [2.45, 2.75) is 39.0 Å². The fourth-order valence-electron chi connectivity index (χ4n) is 1.44. The zero-order valence-electron chi connectivity index (χ0n) is 8.85. The second kappa shape index (κ2) is 7.34. The Kier molecular flexibility index (Phi) is 6.21. The van der Waals surface area contributed by atoms with Crippen LogP contribution in [0.4, 0.5) is 0 Å². The van der Waals surface area contributed by atoms with Crippen molar-refractivity contribution in [3.05, 3.63) is 0 Å². The lowest BCUT2D eigenvalue weighted by Crippen LogP contribution is -2.21. The standard InChI is InChI=1S/C11H23NO/c1-2-9-13-10-8-12-7-3-4-11-5-6-11/h11-12H,2-10H2,1H3. The van der Waals surface area contributed by atoms with Crippen LogP contribution in [0.3, 0.4) is 0 Å². The normalized spacial score (nSPS) is 16.4. The van der Waals surface area contributed by atoms with E-state index >= 15 is 0 Å². The third-order valence-corrected chi connectivity index (χ3v) is 2.43. The van der Waals surface area contributed by atoms with Crippen LogP contribution in [-0.2, 0) is 4.74 Å². The lowest BCUT2D eigenvalue weighted by Gasteiger charge is -2.04. The van der Waals surface area contributed by atoms with Crippen LogP contribution in [0.1, 0.15) is 39.0 Å². The molecule has 0 radical (unpaired) electrons. The summed E-state index contributed by atoms with van der Waals surface area (Å²) in [7, 11) is 0. The van der Waals surface area contributed by atoms with Crippen LogP contribution < -0.4 is 5.32 Å². The molecule has 1 aliphatic rings. The molecule has 0 spiro atoms. The number of ether oxygens (including phenoxy) is 1. The predicted octanol–water partition coefficient (Wildman–Crippen LogP) is 2.19. The molecule has 78 valence electrons. The van der Waals surface area contributed by atoms with E-state index in [9.17, 15) is 0 Å². The summed E-state index contributed by atoms with van der Waals surface area (Å²) in [4.78, 5) is 0. The third-order valence-electron chi connectivity index (χ3n) is 2.43. The van der Waals surface area contributed by atoms with Crippen molar-refractivity contribution in [3.63, 3.8) is 0 Å². The van der Waals surface area contributed by atoms with Gasteiger partial charge in [0.25, 0.3) is 0 Å². The van der Waals surface area contributed by atoms with E-state index in [1.165, 1.54) is 32.2 Å². The molecule has 0 aliphatic heterocycles. The number of hydrogen-bond donors (Lipinski definition) is 1. The van der Waals surface area contributed by atoms with Crippen molar-refractivity contribution >= 4 is 0 Å². The highest BCUT2D eigenvalue weighted by Gasteiger charge is 2.19. The lowest BCUT2D eigenvalue weighted by molar-refractivity contribution is 0.136. The Morgan fingerprint density at radius 3 is 2.77 bits per heavy atom. The van der Waals surface area contributed by atoms with Gasteiger partial charge >= 0.3 is 0 Å². The van der Waals surface area contributed by atoms with E-state index in [0.29, 0.717) is 0 Å². The van der Waals surface area contributed by atoms with E-state index in [-0.39, 0.29) is 0 Å². The lowest BCUT2D eigenvalue weighted by atomic mass is 10.2. The minimum atomic E-state index is 0.872. The van der Waals surface area contributed by atoms with E-state index in [4.69, 9.17) is 4.74 Å². The van der Waals surface area contributed by atoms with E-state index in [1.807, 2.05) is 0 Å². The average Bonchev–Trinajstić information content (AvgIpc) is 2.93. The van der Waals surface area contributed by atoms with Gasteiger partial charge < -0.3 is 10.1 Å². The van der Waals surface area contributed by atoms with Crippen molar-refractivity contribution in [1.82, 2.24) is 5.32 Å². The van der Waals surface area contributed by atoms with E-state index < -0.39 is 0 Å². The summed E-state index contributed by atoms with van der Waals surface area (Å²) < 4.78 is 5.36. The maximum absolute atomic E-state index is 5.36. The summed E-state index contributed by atoms with van der Waals surface area (Å²) in [6.07, 6.45) is 6.88. The molecule has 0 aromatic heterocycles. The molecular weight excluding hydrogens is 162 g/mol. The Bertz CT molecular complexity index is 113. The molecule has 2 nitrogen and oxygen atoms in total. The van der Waals surface area contributed by atoms with Crippen LogP contribution in [0.5, 0.6) is 0 Å². The molecule has 1 fully saturated rings. The molecule has 0 unspecified atom stereocenters. The number of nitrogens with one attached hydrogen (secondary N) is 1. The summed E-state index contributed by atoms with van der Waals surface area (Å²) in [5, 5.41) is 3.40. The van der Waals surface area contributed by atoms with Gasteiger partial charge in [-0.3, -0.25) is 0 Å². The highest BCUT2D eigenvalue weighted by molar-refractivity contribution is 4.72. The molecular formula is C11H23NO. The summed E-state index contributed by atoms with van der Waals surface area (Å²) >= 11 is 0. The Morgan fingerprint density at radius 2 is 2.08 bits per heavy atom. The first-order valence-corrected chi connectivity index (χ1v) is 5.72. The van der Waals surface area contributed by atoms with E-state index in [0.717, 1.165) is 32.1 Å². The summed E-state index contributed by atoms with van der Waals surface area (Å²) in [6, 6.07) is 0. The van der Waals surface area contributed by atoms with Crippen LogP contribution >= 0.6 is 0 Å². The molecule has 13 heavy (non-hydrogen) atoms. The Morgan fingerprint density at radius 1 is 1.23 bits per heavy atom. The van der Waals surface area contributed by atoms with Gasteiger partial charge in [-0.2, -0.15) is 0 Å². The van der Waals surface area contributed by atoms with Crippen molar-refractivity contribution in [3.8, 4) is 0 Å². The van der Waals surface area contributed by atoms with Gasteiger partial charge in [-0.1, -0.05) is 19.8 Å². The molecule has 0 bridgehead atoms. The van der Waals surface area contributed by atoms with Gasteiger partial charge in [0.15, 0.2) is 0 Å². The summed E-state index contributed by atoms with van der Waals surface area (Å²) in [5.74, 6) is 1.08. The van der Waals surface area contributed by atoms with Crippen molar-refractivity contribution in [2.24, 2.45) is 5.92 Å². The van der Waals surface area contributed by atoms with Gasteiger partial charge in [-0.25, -0.2) is 0 Å². The van der Waals surface area contributed by atoms with Gasteiger partial charge in [0.1, 0.15) is 0 Å². The highest BCUT2D eigenvalue weighted by atomic mass is 16.5. The maximum Gasteiger partial charge on any atom is 0.0590 e. The molecule has 0 amide bonds. The average molecular weight is 185 g/mol. The minimum Gasteiger partial charge on any atom is -0.380 e.